The Bertz CT molecular complexity index is 2580. The second kappa shape index (κ2) is 11.5. The minimum absolute atomic E-state index is 0.453. The Morgan fingerprint density at radius 1 is 0.388 bits per heavy atom. The van der Waals surface area contributed by atoms with Gasteiger partial charge < -0.3 is 0 Å². The Morgan fingerprint density at radius 3 is 1.69 bits per heavy atom. The van der Waals surface area contributed by atoms with Crippen LogP contribution in [-0.2, 0) is 0 Å². The maximum Gasteiger partial charge on any atom is 0.0381 e. The molecule has 2 aliphatic rings. The Labute approximate surface area is 291 Å². The first-order valence-electron chi connectivity index (χ1n) is 17.1. The van der Waals surface area contributed by atoms with E-state index in [-0.39, 0.29) is 0 Å². The highest BCUT2D eigenvalue weighted by Gasteiger charge is 2.32. The third-order valence-electron chi connectivity index (χ3n) is 10.4. The lowest BCUT2D eigenvalue weighted by molar-refractivity contribution is 0.881. The van der Waals surface area contributed by atoms with Crippen molar-refractivity contribution in [2.24, 2.45) is 0 Å². The molecule has 0 spiro atoms. The van der Waals surface area contributed by atoms with Gasteiger partial charge in [-0.3, -0.25) is 0 Å². The molecule has 0 saturated carbocycles. The summed E-state index contributed by atoms with van der Waals surface area (Å²) in [6.07, 6.45) is 9.11. The van der Waals surface area contributed by atoms with E-state index in [0.717, 1.165) is 0 Å². The van der Waals surface area contributed by atoms with Crippen LogP contribution < -0.4 is 0 Å². The highest BCUT2D eigenvalue weighted by atomic mass is 32.2. The van der Waals surface area contributed by atoms with Crippen LogP contribution in [0, 0.1) is 0 Å². The zero-order chi connectivity index (χ0) is 32.3. The van der Waals surface area contributed by atoms with Gasteiger partial charge in [0.25, 0.3) is 0 Å². The van der Waals surface area contributed by atoms with Gasteiger partial charge in [-0.15, -0.1) is 11.8 Å². The molecule has 8 aromatic carbocycles. The van der Waals surface area contributed by atoms with Gasteiger partial charge in [0.1, 0.15) is 0 Å². The van der Waals surface area contributed by atoms with Gasteiger partial charge in [0.05, 0.1) is 0 Å². The first-order chi connectivity index (χ1) is 24.3. The van der Waals surface area contributed by atoms with Crippen LogP contribution in [0.2, 0.25) is 0 Å². The summed E-state index contributed by atoms with van der Waals surface area (Å²) < 4.78 is 0. The molecule has 0 radical (unpaired) electrons. The maximum atomic E-state index is 2.41. The SMILES string of the molecule is C1=CC2Sc3c(-c4cccc(-c5c6ccccc6c(-c6ccc(-c7cccc8ccccc78)cc6)c6ccccc56)c4)cccc3C2C=C1. The Morgan fingerprint density at radius 2 is 0.939 bits per heavy atom. The summed E-state index contributed by atoms with van der Waals surface area (Å²) in [5.74, 6) is 0.453. The Kier molecular flexibility index (Phi) is 6.67. The second-order valence-electron chi connectivity index (χ2n) is 13.1. The largest absolute Gasteiger partial charge is 0.117 e. The number of thioether (sulfide) groups is 1. The third-order valence-corrected chi connectivity index (χ3v) is 11.8. The fraction of sp³-hybridized carbons (Fsp3) is 0.0417. The summed E-state index contributed by atoms with van der Waals surface area (Å²) in [7, 11) is 0. The summed E-state index contributed by atoms with van der Waals surface area (Å²) in [6, 6.07) is 58.4. The van der Waals surface area contributed by atoms with Crippen molar-refractivity contribution in [1.29, 1.82) is 0 Å². The summed E-state index contributed by atoms with van der Waals surface area (Å²) in [4.78, 5) is 1.42. The lowest BCUT2D eigenvalue weighted by Crippen LogP contribution is -2.06. The zero-order valence-electron chi connectivity index (χ0n) is 26.9. The van der Waals surface area contributed by atoms with E-state index in [1.54, 1.807) is 0 Å². The fourth-order valence-electron chi connectivity index (χ4n) is 8.18. The number of rotatable bonds is 4. The van der Waals surface area contributed by atoms with Crippen molar-refractivity contribution >= 4 is 44.1 Å². The highest BCUT2D eigenvalue weighted by molar-refractivity contribution is 8.00. The van der Waals surface area contributed by atoms with Crippen molar-refractivity contribution in [3.63, 3.8) is 0 Å². The molecule has 0 amide bonds. The molecule has 8 aromatic rings. The Balaban J connectivity index is 1.13. The van der Waals surface area contributed by atoms with Gasteiger partial charge in [0, 0.05) is 16.1 Å². The van der Waals surface area contributed by atoms with Crippen molar-refractivity contribution in [3.05, 3.63) is 188 Å². The van der Waals surface area contributed by atoms with Gasteiger partial charge >= 0.3 is 0 Å². The van der Waals surface area contributed by atoms with Crippen LogP contribution in [0.15, 0.2) is 187 Å². The number of hydrogen-bond acceptors (Lipinski definition) is 1. The molecule has 230 valence electrons. The van der Waals surface area contributed by atoms with Crippen LogP contribution in [0.3, 0.4) is 0 Å². The summed E-state index contributed by atoms with van der Waals surface area (Å²) >= 11 is 2.01. The van der Waals surface area contributed by atoms with Crippen LogP contribution in [0.5, 0.6) is 0 Å². The molecule has 0 bridgehead atoms. The van der Waals surface area contributed by atoms with Gasteiger partial charge in [-0.1, -0.05) is 176 Å². The van der Waals surface area contributed by atoms with E-state index in [4.69, 9.17) is 0 Å². The molecular weight excluding hydrogens is 609 g/mol. The van der Waals surface area contributed by atoms with Crippen LogP contribution >= 0.6 is 11.8 Å². The molecule has 0 N–H and O–H groups in total. The van der Waals surface area contributed by atoms with Crippen LogP contribution in [0.1, 0.15) is 11.5 Å². The average Bonchev–Trinajstić information content (AvgIpc) is 3.56. The van der Waals surface area contributed by atoms with Crippen molar-refractivity contribution in [1.82, 2.24) is 0 Å². The summed E-state index contributed by atoms with van der Waals surface area (Å²) in [6.45, 7) is 0. The second-order valence-corrected chi connectivity index (χ2v) is 14.3. The van der Waals surface area contributed by atoms with Crippen LogP contribution in [-0.4, -0.2) is 5.25 Å². The van der Waals surface area contributed by atoms with Gasteiger partial charge in [-0.25, -0.2) is 0 Å². The van der Waals surface area contributed by atoms with E-state index in [1.807, 2.05) is 11.8 Å². The molecule has 0 saturated heterocycles. The predicted molar refractivity (Wildman–Crippen MR) is 211 cm³/mol. The smallest absolute Gasteiger partial charge is 0.0381 e. The zero-order valence-corrected chi connectivity index (χ0v) is 27.7. The van der Waals surface area contributed by atoms with Gasteiger partial charge in [-0.2, -0.15) is 0 Å². The molecule has 2 atom stereocenters. The predicted octanol–water partition coefficient (Wildman–Crippen LogP) is 13.5. The highest BCUT2D eigenvalue weighted by Crippen LogP contribution is 2.52. The lowest BCUT2D eigenvalue weighted by Gasteiger charge is -2.19. The van der Waals surface area contributed by atoms with Crippen LogP contribution in [0.25, 0.3) is 76.8 Å². The molecule has 0 nitrogen and oxygen atoms in total. The summed E-state index contributed by atoms with van der Waals surface area (Å²) in [5, 5.41) is 8.14. The molecule has 0 aromatic heterocycles. The van der Waals surface area contributed by atoms with Crippen molar-refractivity contribution in [2.45, 2.75) is 16.1 Å². The molecule has 10 rings (SSSR count). The minimum Gasteiger partial charge on any atom is -0.117 e. The molecular formula is C48H32S. The number of allylic oxidation sites excluding steroid dienone is 3. The number of fused-ring (bicyclic) bond motifs is 6. The molecule has 1 aliphatic heterocycles. The van der Waals surface area contributed by atoms with E-state index in [9.17, 15) is 0 Å². The Hall–Kier alpha value is -5.63. The lowest BCUT2D eigenvalue weighted by atomic mass is 9.85. The van der Waals surface area contributed by atoms with E-state index < -0.39 is 0 Å². The number of benzene rings is 8. The third kappa shape index (κ3) is 4.61. The van der Waals surface area contributed by atoms with E-state index >= 15 is 0 Å². The van der Waals surface area contributed by atoms with Crippen molar-refractivity contribution < 1.29 is 0 Å². The summed E-state index contributed by atoms with van der Waals surface area (Å²) in [5.41, 5.74) is 11.6. The fourth-order valence-corrected chi connectivity index (χ4v) is 9.66. The average molecular weight is 641 g/mol. The quantitative estimate of drug-likeness (QED) is 0.173. The van der Waals surface area contributed by atoms with Crippen molar-refractivity contribution in [2.75, 3.05) is 0 Å². The molecule has 1 aliphatic carbocycles. The van der Waals surface area contributed by atoms with Gasteiger partial charge in [-0.05, 0) is 88.5 Å². The normalized spacial score (nSPS) is 16.3. The molecule has 0 fully saturated rings. The molecule has 1 heteroatoms. The van der Waals surface area contributed by atoms with E-state index in [0.29, 0.717) is 11.2 Å². The van der Waals surface area contributed by atoms with Gasteiger partial charge in [0.2, 0.25) is 0 Å². The topological polar surface area (TPSA) is 0 Å². The monoisotopic (exact) mass is 640 g/mol. The first-order valence-corrected chi connectivity index (χ1v) is 18.0. The van der Waals surface area contributed by atoms with Crippen LogP contribution in [0.4, 0.5) is 0 Å². The van der Waals surface area contributed by atoms with E-state index in [2.05, 4.69) is 182 Å². The standard InChI is InChI=1S/C48H32S/c1-2-16-36-31(12-1)13-10-22-37(36)32-26-28-33(29-27-32)46-40-18-3-5-20-42(40)47(43-21-6-4-19-41(43)46)35-15-9-14-34(30-35)38-23-11-24-44-39-17-7-8-25-45(39)49-48(38)44/h1-30,39,45H. The first kappa shape index (κ1) is 28.4. The molecule has 1 heterocycles. The molecule has 49 heavy (non-hydrogen) atoms. The van der Waals surface area contributed by atoms with Crippen molar-refractivity contribution in [3.8, 4) is 44.5 Å². The van der Waals surface area contributed by atoms with Gasteiger partial charge in [0.15, 0.2) is 0 Å². The number of hydrogen-bond donors (Lipinski definition) is 0. The molecule has 2 unspecified atom stereocenters. The maximum absolute atomic E-state index is 2.41. The van der Waals surface area contributed by atoms with E-state index in [1.165, 1.54) is 87.3 Å². The minimum atomic E-state index is 0.453.